The predicted octanol–water partition coefficient (Wildman–Crippen LogP) is 5.75. The summed E-state index contributed by atoms with van der Waals surface area (Å²) >= 11 is 2.13. The van der Waals surface area contributed by atoms with Gasteiger partial charge < -0.3 is 24.3 Å². The smallest absolute Gasteiger partial charge is 0.255 e. The Labute approximate surface area is 189 Å². The maximum atomic E-state index is 12.7. The van der Waals surface area contributed by atoms with E-state index < -0.39 is 0 Å². The Hall–Kier alpha value is -2.94. The Bertz CT molecular complexity index is 1020. The summed E-state index contributed by atoms with van der Waals surface area (Å²) in [5.41, 5.74) is 1.14. The topological polar surface area (TPSA) is 66.0 Å². The van der Waals surface area contributed by atoms with Crippen molar-refractivity contribution in [3.05, 3.63) is 69.8 Å². The van der Waals surface area contributed by atoms with Gasteiger partial charge in [-0.05, 0) is 78.0 Å². The third kappa shape index (κ3) is 5.35. The highest BCUT2D eigenvalue weighted by molar-refractivity contribution is 14.1. The van der Waals surface area contributed by atoms with Crippen molar-refractivity contribution < 1.29 is 23.7 Å². The summed E-state index contributed by atoms with van der Waals surface area (Å²) in [6, 6.07) is 17.9. The minimum atomic E-state index is -0.238. The highest BCUT2D eigenvalue weighted by Gasteiger charge is 2.15. The summed E-state index contributed by atoms with van der Waals surface area (Å²) in [7, 11) is 3.19. The van der Waals surface area contributed by atoms with Gasteiger partial charge in [0.1, 0.15) is 17.2 Å². The van der Waals surface area contributed by atoms with E-state index in [1.165, 1.54) is 0 Å². The molecule has 0 spiro atoms. The van der Waals surface area contributed by atoms with Gasteiger partial charge in [-0.25, -0.2) is 0 Å². The average Bonchev–Trinajstić information content (AvgIpc) is 2.75. The molecule has 0 saturated heterocycles. The third-order valence-corrected chi connectivity index (χ3v) is 4.97. The van der Waals surface area contributed by atoms with Crippen molar-refractivity contribution >= 4 is 34.2 Å². The van der Waals surface area contributed by atoms with E-state index in [0.29, 0.717) is 40.9 Å². The van der Waals surface area contributed by atoms with Crippen LogP contribution in [-0.4, -0.2) is 26.7 Å². The molecular formula is C23H22INO5. The monoisotopic (exact) mass is 519 g/mol. The van der Waals surface area contributed by atoms with Crippen molar-refractivity contribution in [3.63, 3.8) is 0 Å². The van der Waals surface area contributed by atoms with Crippen LogP contribution in [0.4, 0.5) is 5.69 Å². The first-order valence-electron chi connectivity index (χ1n) is 9.27. The molecule has 3 aromatic rings. The van der Waals surface area contributed by atoms with E-state index >= 15 is 0 Å². The molecule has 0 aliphatic rings. The van der Waals surface area contributed by atoms with Crippen LogP contribution in [0, 0.1) is 3.57 Å². The van der Waals surface area contributed by atoms with E-state index in [-0.39, 0.29) is 5.91 Å². The Kier molecular flexibility index (Phi) is 7.40. The van der Waals surface area contributed by atoms with Crippen molar-refractivity contribution in [1.82, 2.24) is 0 Å². The molecule has 1 N–H and O–H groups in total. The maximum absolute atomic E-state index is 12.7. The van der Waals surface area contributed by atoms with Gasteiger partial charge in [0.2, 0.25) is 0 Å². The van der Waals surface area contributed by atoms with Gasteiger partial charge in [0.05, 0.1) is 24.4 Å². The number of amides is 1. The molecule has 0 atom stereocenters. The Morgan fingerprint density at radius 2 is 1.67 bits per heavy atom. The first kappa shape index (κ1) is 21.8. The van der Waals surface area contributed by atoms with E-state index in [9.17, 15) is 4.79 Å². The summed E-state index contributed by atoms with van der Waals surface area (Å²) in [4.78, 5) is 12.7. The second kappa shape index (κ2) is 10.2. The van der Waals surface area contributed by atoms with Crippen molar-refractivity contribution in [2.24, 2.45) is 0 Å². The van der Waals surface area contributed by atoms with E-state index in [4.69, 9.17) is 18.9 Å². The molecule has 0 aliphatic heterocycles. The van der Waals surface area contributed by atoms with Gasteiger partial charge in [-0.15, -0.1) is 0 Å². The molecule has 0 fully saturated rings. The minimum Gasteiger partial charge on any atom is -0.497 e. The molecule has 3 aromatic carbocycles. The molecule has 0 bridgehead atoms. The second-order valence-electron chi connectivity index (χ2n) is 6.18. The molecule has 0 aromatic heterocycles. The minimum absolute atomic E-state index is 0.238. The van der Waals surface area contributed by atoms with Crippen molar-refractivity contribution in [1.29, 1.82) is 0 Å². The molecule has 3 rings (SSSR count). The van der Waals surface area contributed by atoms with Crippen LogP contribution in [0.2, 0.25) is 0 Å². The zero-order valence-corrected chi connectivity index (χ0v) is 19.1. The maximum Gasteiger partial charge on any atom is 0.255 e. The van der Waals surface area contributed by atoms with Crippen molar-refractivity contribution in [2.75, 3.05) is 26.1 Å². The van der Waals surface area contributed by atoms with E-state index in [1.54, 1.807) is 56.7 Å². The predicted molar refractivity (Wildman–Crippen MR) is 124 cm³/mol. The van der Waals surface area contributed by atoms with Crippen LogP contribution >= 0.6 is 22.6 Å². The lowest BCUT2D eigenvalue weighted by Crippen LogP contribution is -2.13. The van der Waals surface area contributed by atoms with Crippen molar-refractivity contribution in [2.45, 2.75) is 6.92 Å². The van der Waals surface area contributed by atoms with E-state index in [1.807, 2.05) is 25.1 Å². The highest BCUT2D eigenvalue weighted by Crippen LogP contribution is 2.34. The molecule has 6 nitrogen and oxygen atoms in total. The molecule has 7 heteroatoms. The van der Waals surface area contributed by atoms with Crippen LogP contribution in [0.15, 0.2) is 60.7 Å². The molecular weight excluding hydrogens is 497 g/mol. The van der Waals surface area contributed by atoms with Crippen LogP contribution in [0.5, 0.6) is 28.7 Å². The lowest BCUT2D eigenvalue weighted by Gasteiger charge is -2.13. The molecule has 0 radical (unpaired) electrons. The lowest BCUT2D eigenvalue weighted by molar-refractivity contribution is 0.102. The number of hydrogen-bond donors (Lipinski definition) is 1. The summed E-state index contributed by atoms with van der Waals surface area (Å²) < 4.78 is 22.8. The third-order valence-electron chi connectivity index (χ3n) is 4.16. The van der Waals surface area contributed by atoms with Crippen LogP contribution in [0.3, 0.4) is 0 Å². The normalized spacial score (nSPS) is 10.3. The number of halogens is 1. The molecule has 156 valence electrons. The molecule has 30 heavy (non-hydrogen) atoms. The number of hydrogen-bond acceptors (Lipinski definition) is 5. The number of methoxy groups -OCH3 is 2. The van der Waals surface area contributed by atoms with Gasteiger partial charge in [-0.1, -0.05) is 6.07 Å². The van der Waals surface area contributed by atoms with Gasteiger partial charge >= 0.3 is 0 Å². The first-order chi connectivity index (χ1) is 14.5. The average molecular weight is 519 g/mol. The number of benzene rings is 3. The quantitative estimate of drug-likeness (QED) is 0.384. The largest absolute Gasteiger partial charge is 0.497 e. The molecule has 1 amide bonds. The summed E-state index contributed by atoms with van der Waals surface area (Å²) in [6.07, 6.45) is 0. The van der Waals surface area contributed by atoms with Gasteiger partial charge in [0.15, 0.2) is 11.5 Å². The first-order valence-corrected chi connectivity index (χ1v) is 10.4. The Balaban J connectivity index is 1.71. The summed E-state index contributed by atoms with van der Waals surface area (Å²) in [6.45, 7) is 2.36. The fourth-order valence-electron chi connectivity index (χ4n) is 2.77. The molecule has 0 saturated carbocycles. The molecule has 0 aliphatic carbocycles. The second-order valence-corrected chi connectivity index (χ2v) is 7.34. The SMILES string of the molecule is CCOc1cc(C(=O)Nc2ccc(Oc3cccc(OC)c3)cc2)cc(I)c1OC. The fraction of sp³-hybridized carbons (Fsp3) is 0.174. The number of nitrogens with one attached hydrogen (secondary N) is 1. The van der Waals surface area contributed by atoms with Gasteiger partial charge in [-0.2, -0.15) is 0 Å². The lowest BCUT2D eigenvalue weighted by atomic mass is 10.1. The highest BCUT2D eigenvalue weighted by atomic mass is 127. The standard InChI is InChI=1S/C23H22INO5/c1-4-29-21-13-15(12-20(24)22(21)28-3)23(26)25-16-8-10-17(11-9-16)30-19-7-5-6-18(14-19)27-2/h5-14H,4H2,1-3H3,(H,25,26). The number of carbonyl (C=O) groups is 1. The van der Waals surface area contributed by atoms with Gasteiger partial charge in [0.25, 0.3) is 5.91 Å². The molecule has 0 heterocycles. The number of carbonyl (C=O) groups excluding carboxylic acids is 1. The van der Waals surface area contributed by atoms with Gasteiger partial charge in [-0.3, -0.25) is 4.79 Å². The number of anilines is 1. The zero-order chi connectivity index (χ0) is 21.5. The Morgan fingerprint density at radius 1 is 0.933 bits per heavy atom. The van der Waals surface area contributed by atoms with Crippen LogP contribution in [-0.2, 0) is 0 Å². The van der Waals surface area contributed by atoms with Crippen LogP contribution < -0.4 is 24.3 Å². The van der Waals surface area contributed by atoms with Crippen LogP contribution in [0.1, 0.15) is 17.3 Å². The number of ether oxygens (including phenoxy) is 4. The number of rotatable bonds is 8. The Morgan fingerprint density at radius 3 is 2.33 bits per heavy atom. The van der Waals surface area contributed by atoms with Crippen LogP contribution in [0.25, 0.3) is 0 Å². The zero-order valence-electron chi connectivity index (χ0n) is 16.9. The fourth-order valence-corrected chi connectivity index (χ4v) is 3.59. The molecule has 0 unspecified atom stereocenters. The summed E-state index contributed by atoms with van der Waals surface area (Å²) in [5.74, 6) is 2.96. The van der Waals surface area contributed by atoms with E-state index in [2.05, 4.69) is 27.9 Å². The summed E-state index contributed by atoms with van der Waals surface area (Å²) in [5, 5.41) is 2.89. The van der Waals surface area contributed by atoms with Crippen molar-refractivity contribution in [3.8, 4) is 28.7 Å². The van der Waals surface area contributed by atoms with Gasteiger partial charge in [0, 0.05) is 17.3 Å². The van der Waals surface area contributed by atoms with E-state index in [0.717, 1.165) is 9.32 Å².